The number of aryl methyl sites for hydroxylation is 2. The summed E-state index contributed by atoms with van der Waals surface area (Å²) in [4.78, 5) is 27.8. The van der Waals surface area contributed by atoms with Crippen molar-refractivity contribution in [2.45, 2.75) is 63.8 Å². The fourth-order valence-corrected chi connectivity index (χ4v) is 6.50. The smallest absolute Gasteiger partial charge is 0.326 e. The molecule has 1 unspecified atom stereocenters. The largest absolute Gasteiger partial charge is 0.480 e. The van der Waals surface area contributed by atoms with Crippen LogP contribution in [0.4, 0.5) is 0 Å². The minimum atomic E-state index is -3.39. The molecule has 0 aromatic heterocycles. The second kappa shape index (κ2) is 14.8. The van der Waals surface area contributed by atoms with E-state index in [0.29, 0.717) is 23.7 Å². The van der Waals surface area contributed by atoms with Crippen LogP contribution in [0.15, 0.2) is 72.8 Å². The Balaban J connectivity index is 1.56. The third-order valence-corrected chi connectivity index (χ3v) is 9.18. The van der Waals surface area contributed by atoms with E-state index in [1.165, 1.54) is 5.56 Å². The van der Waals surface area contributed by atoms with Gasteiger partial charge in [-0.15, -0.1) is 0 Å². The van der Waals surface area contributed by atoms with Gasteiger partial charge in [0.05, 0.1) is 11.9 Å². The highest BCUT2D eigenvalue weighted by Gasteiger charge is 2.32. The molecule has 230 valence electrons. The molecule has 0 radical (unpaired) electrons. The number of amides is 1. The van der Waals surface area contributed by atoms with E-state index < -0.39 is 27.8 Å². The topological polar surface area (TPSA) is 113 Å². The van der Waals surface area contributed by atoms with Gasteiger partial charge in [-0.1, -0.05) is 60.7 Å². The molecular formula is C34H42N2O6S. The van der Waals surface area contributed by atoms with Gasteiger partial charge in [0, 0.05) is 38.1 Å². The van der Waals surface area contributed by atoms with Gasteiger partial charge in [0.2, 0.25) is 0 Å². The lowest BCUT2D eigenvalue weighted by molar-refractivity contribution is -0.139. The molecule has 3 atom stereocenters. The number of likely N-dealkylation sites (tertiary alicyclic amines) is 1. The molecule has 43 heavy (non-hydrogen) atoms. The molecular weight excluding hydrogens is 564 g/mol. The highest BCUT2D eigenvalue weighted by Crippen LogP contribution is 2.31. The maximum absolute atomic E-state index is 13.5. The average molecular weight is 607 g/mol. The number of benzene rings is 3. The zero-order chi connectivity index (χ0) is 31.0. The van der Waals surface area contributed by atoms with Crippen molar-refractivity contribution in [3.05, 3.63) is 95.1 Å². The van der Waals surface area contributed by atoms with Crippen LogP contribution in [0.3, 0.4) is 0 Å². The van der Waals surface area contributed by atoms with Gasteiger partial charge < -0.3 is 15.2 Å². The van der Waals surface area contributed by atoms with Crippen LogP contribution in [0.5, 0.6) is 0 Å². The first-order valence-electron chi connectivity index (χ1n) is 14.7. The van der Waals surface area contributed by atoms with Crippen molar-refractivity contribution >= 4 is 21.7 Å². The van der Waals surface area contributed by atoms with Crippen molar-refractivity contribution in [1.29, 1.82) is 0 Å². The molecule has 0 bridgehead atoms. The monoisotopic (exact) mass is 606 g/mol. The number of rotatable bonds is 14. The predicted molar refractivity (Wildman–Crippen MR) is 169 cm³/mol. The number of nitrogens with one attached hydrogen (secondary N) is 1. The fraction of sp³-hybridized carbons (Fsp3) is 0.412. The van der Waals surface area contributed by atoms with Gasteiger partial charge in [0.25, 0.3) is 5.91 Å². The molecule has 1 fully saturated rings. The number of hydrogen-bond acceptors (Lipinski definition) is 6. The molecule has 0 aliphatic carbocycles. The van der Waals surface area contributed by atoms with E-state index >= 15 is 0 Å². The fourth-order valence-electron chi connectivity index (χ4n) is 5.83. The van der Waals surface area contributed by atoms with Crippen molar-refractivity contribution in [2.24, 2.45) is 0 Å². The Morgan fingerprint density at radius 2 is 1.74 bits per heavy atom. The molecule has 8 nitrogen and oxygen atoms in total. The maximum atomic E-state index is 13.5. The van der Waals surface area contributed by atoms with Gasteiger partial charge in [-0.25, -0.2) is 13.2 Å². The third kappa shape index (κ3) is 9.23. The third-order valence-electron chi connectivity index (χ3n) is 8.20. The maximum Gasteiger partial charge on any atom is 0.326 e. The van der Waals surface area contributed by atoms with E-state index in [9.17, 15) is 23.1 Å². The van der Waals surface area contributed by atoms with E-state index in [1.54, 1.807) is 13.2 Å². The molecule has 1 amide bonds. The Morgan fingerprint density at radius 1 is 1.02 bits per heavy atom. The lowest BCUT2D eigenvalue weighted by Gasteiger charge is -2.25. The Hall–Kier alpha value is -3.53. The van der Waals surface area contributed by atoms with Gasteiger partial charge in [-0.3, -0.25) is 9.69 Å². The Labute approximate surface area is 255 Å². The van der Waals surface area contributed by atoms with Gasteiger partial charge >= 0.3 is 5.97 Å². The standard InChI is InChI=1S/C34H42N2O6S/c1-24-10-7-8-15-29(24)31-20-26(16-17-30(31)33(37)35-32(34(38)39)18-19-43(3,40)41)22-36-23-28(42-2)21-27(36)14-9-13-25-11-5-4-6-12-25/h4-8,10-12,15-17,20,27-28,32H,9,13-14,18-19,21-23H2,1-3H3,(H,35,37)(H,38,39)/t27-,28?,32-/m0/s1. The highest BCUT2D eigenvalue weighted by molar-refractivity contribution is 7.90. The molecule has 0 spiro atoms. The summed E-state index contributed by atoms with van der Waals surface area (Å²) in [7, 11) is -1.62. The lowest BCUT2D eigenvalue weighted by Crippen LogP contribution is -2.42. The number of methoxy groups -OCH3 is 1. The molecule has 9 heteroatoms. The first-order chi connectivity index (χ1) is 20.5. The summed E-state index contributed by atoms with van der Waals surface area (Å²) in [6.07, 6.45) is 5.16. The summed E-state index contributed by atoms with van der Waals surface area (Å²) in [6, 6.07) is 23.0. The first kappa shape index (κ1) is 32.4. The molecule has 2 N–H and O–H groups in total. The minimum absolute atomic E-state index is 0.169. The van der Waals surface area contributed by atoms with Crippen molar-refractivity contribution in [2.75, 3.05) is 25.7 Å². The number of carbonyl (C=O) groups excluding carboxylic acids is 1. The molecule has 1 heterocycles. The lowest BCUT2D eigenvalue weighted by atomic mass is 9.93. The molecule has 4 rings (SSSR count). The normalized spacial score (nSPS) is 17.9. The van der Waals surface area contributed by atoms with Crippen molar-refractivity contribution in [3.8, 4) is 11.1 Å². The van der Waals surface area contributed by atoms with Gasteiger partial charge in [0.1, 0.15) is 15.9 Å². The van der Waals surface area contributed by atoms with Crippen LogP contribution < -0.4 is 5.32 Å². The zero-order valence-electron chi connectivity index (χ0n) is 25.2. The van der Waals surface area contributed by atoms with Crippen molar-refractivity contribution < 1.29 is 27.9 Å². The highest BCUT2D eigenvalue weighted by atomic mass is 32.2. The summed E-state index contributed by atoms with van der Waals surface area (Å²) < 4.78 is 29.0. The summed E-state index contributed by atoms with van der Waals surface area (Å²) >= 11 is 0. The minimum Gasteiger partial charge on any atom is -0.480 e. The number of carboxylic acid groups (broad SMARTS) is 1. The Bertz CT molecular complexity index is 1510. The summed E-state index contributed by atoms with van der Waals surface area (Å²) in [5.74, 6) is -2.16. The van der Waals surface area contributed by atoms with Crippen LogP contribution in [0.1, 0.15) is 52.7 Å². The summed E-state index contributed by atoms with van der Waals surface area (Å²) in [5, 5.41) is 12.2. The van der Waals surface area contributed by atoms with Gasteiger partial charge in [0.15, 0.2) is 0 Å². The van der Waals surface area contributed by atoms with Crippen LogP contribution in [0, 0.1) is 6.92 Å². The molecule has 1 aliphatic heterocycles. The predicted octanol–water partition coefficient (Wildman–Crippen LogP) is 4.89. The number of hydrogen-bond donors (Lipinski definition) is 2. The Kier molecular flexibility index (Phi) is 11.1. The Morgan fingerprint density at radius 3 is 2.42 bits per heavy atom. The number of aliphatic carboxylic acids is 1. The average Bonchev–Trinajstić information content (AvgIpc) is 3.36. The number of carboxylic acids is 1. The van der Waals surface area contributed by atoms with E-state index in [2.05, 4.69) is 34.5 Å². The van der Waals surface area contributed by atoms with Crippen molar-refractivity contribution in [1.82, 2.24) is 10.2 Å². The van der Waals surface area contributed by atoms with E-state index in [-0.39, 0.29) is 18.3 Å². The zero-order valence-corrected chi connectivity index (χ0v) is 26.0. The van der Waals surface area contributed by atoms with Crippen LogP contribution in [0.2, 0.25) is 0 Å². The quantitative estimate of drug-likeness (QED) is 0.269. The van der Waals surface area contributed by atoms with E-state index in [0.717, 1.165) is 55.2 Å². The van der Waals surface area contributed by atoms with E-state index in [1.807, 2.05) is 49.4 Å². The van der Waals surface area contributed by atoms with Gasteiger partial charge in [-0.05, 0) is 79.0 Å². The molecule has 1 aliphatic rings. The summed E-state index contributed by atoms with van der Waals surface area (Å²) in [5.41, 5.74) is 5.32. The SMILES string of the molecule is COC1C[C@H](CCCc2ccccc2)N(Cc2ccc(C(=O)N[C@@H](CCS(C)(=O)=O)C(=O)O)c(-c3ccccc3C)c2)C1. The van der Waals surface area contributed by atoms with E-state index in [4.69, 9.17) is 4.74 Å². The second-order valence-electron chi connectivity index (χ2n) is 11.5. The molecule has 3 aromatic carbocycles. The number of nitrogens with zero attached hydrogens (tertiary/aromatic N) is 1. The molecule has 1 saturated heterocycles. The molecule has 3 aromatic rings. The van der Waals surface area contributed by atoms with Crippen LogP contribution in [0.25, 0.3) is 11.1 Å². The second-order valence-corrected chi connectivity index (χ2v) is 13.8. The van der Waals surface area contributed by atoms with Crippen LogP contribution in [-0.4, -0.2) is 74.2 Å². The molecule has 0 saturated carbocycles. The number of carbonyl (C=O) groups is 2. The number of sulfone groups is 1. The van der Waals surface area contributed by atoms with Gasteiger partial charge in [-0.2, -0.15) is 0 Å². The van der Waals surface area contributed by atoms with Crippen molar-refractivity contribution in [3.63, 3.8) is 0 Å². The van der Waals surface area contributed by atoms with Crippen LogP contribution >= 0.6 is 0 Å². The first-order valence-corrected chi connectivity index (χ1v) is 16.8. The number of ether oxygens (including phenoxy) is 1. The van der Waals surface area contributed by atoms with Crippen LogP contribution in [-0.2, 0) is 32.3 Å². The summed E-state index contributed by atoms with van der Waals surface area (Å²) in [6.45, 7) is 3.50.